The maximum Gasteiger partial charge on any atom is 0.276 e. The predicted octanol–water partition coefficient (Wildman–Crippen LogP) is 0.931. The Morgan fingerprint density at radius 1 is 1.38 bits per heavy atom. The van der Waals surface area contributed by atoms with Crippen LogP contribution < -0.4 is 5.73 Å². The number of nitrogens with two attached hydrogens (primary N) is 1. The fourth-order valence-electron chi connectivity index (χ4n) is 1.88. The van der Waals surface area contributed by atoms with Gasteiger partial charge in [-0.15, -0.1) is 0 Å². The first-order chi connectivity index (χ1) is 7.68. The molecule has 2 N–H and O–H groups in total. The highest BCUT2D eigenvalue weighted by Gasteiger charge is 2.23. The number of amides is 1. The van der Waals surface area contributed by atoms with E-state index < -0.39 is 0 Å². The maximum absolute atomic E-state index is 12.1. The molecule has 1 saturated heterocycles. The molecule has 0 bridgehead atoms. The number of anilines is 1. The van der Waals surface area contributed by atoms with Gasteiger partial charge in [-0.05, 0) is 18.8 Å². The van der Waals surface area contributed by atoms with E-state index in [1.165, 1.54) is 12.4 Å². The van der Waals surface area contributed by atoms with Crippen molar-refractivity contribution in [3.8, 4) is 0 Å². The van der Waals surface area contributed by atoms with Crippen molar-refractivity contribution in [1.29, 1.82) is 0 Å². The van der Waals surface area contributed by atoms with Crippen LogP contribution in [0.25, 0.3) is 0 Å². The Morgan fingerprint density at radius 3 is 2.62 bits per heavy atom. The molecule has 5 nitrogen and oxygen atoms in total. The summed E-state index contributed by atoms with van der Waals surface area (Å²) in [5.41, 5.74) is 5.91. The molecule has 1 aromatic heterocycles. The van der Waals surface area contributed by atoms with Gasteiger partial charge < -0.3 is 10.6 Å². The highest BCUT2D eigenvalue weighted by molar-refractivity contribution is 5.96. The van der Waals surface area contributed by atoms with Crippen LogP contribution in [0.15, 0.2) is 12.4 Å². The van der Waals surface area contributed by atoms with E-state index in [0.717, 1.165) is 25.9 Å². The van der Waals surface area contributed by atoms with Gasteiger partial charge in [0, 0.05) is 25.5 Å². The summed E-state index contributed by atoms with van der Waals surface area (Å²) in [5, 5.41) is 0. The van der Waals surface area contributed by atoms with Crippen molar-refractivity contribution >= 4 is 11.7 Å². The van der Waals surface area contributed by atoms with E-state index in [-0.39, 0.29) is 17.4 Å². The third kappa shape index (κ3) is 2.13. The van der Waals surface area contributed by atoms with E-state index in [2.05, 4.69) is 16.9 Å². The lowest BCUT2D eigenvalue weighted by Gasteiger charge is -2.30. The van der Waals surface area contributed by atoms with Gasteiger partial charge in [-0.25, -0.2) is 9.97 Å². The van der Waals surface area contributed by atoms with E-state index in [9.17, 15) is 4.79 Å². The highest BCUT2D eigenvalue weighted by Crippen LogP contribution is 2.18. The van der Waals surface area contributed by atoms with Gasteiger partial charge in [0.15, 0.2) is 11.5 Å². The molecule has 0 aliphatic carbocycles. The minimum atomic E-state index is -0.0995. The molecule has 0 atom stereocenters. The quantitative estimate of drug-likeness (QED) is 0.764. The van der Waals surface area contributed by atoms with Crippen molar-refractivity contribution in [2.45, 2.75) is 19.8 Å². The minimum Gasteiger partial charge on any atom is -0.382 e. The lowest BCUT2D eigenvalue weighted by Crippen LogP contribution is -2.38. The third-order valence-electron chi connectivity index (χ3n) is 3.00. The molecule has 0 radical (unpaired) electrons. The van der Waals surface area contributed by atoms with Crippen LogP contribution in [-0.2, 0) is 0 Å². The average Bonchev–Trinajstić information content (AvgIpc) is 2.30. The Balaban J connectivity index is 2.11. The molecule has 1 aliphatic heterocycles. The molecular weight excluding hydrogens is 204 g/mol. The number of nitrogen functional groups attached to an aromatic ring is 1. The van der Waals surface area contributed by atoms with E-state index in [1.54, 1.807) is 4.90 Å². The van der Waals surface area contributed by atoms with E-state index >= 15 is 0 Å². The fourth-order valence-corrected chi connectivity index (χ4v) is 1.88. The van der Waals surface area contributed by atoms with Crippen molar-refractivity contribution in [3.05, 3.63) is 18.1 Å². The molecule has 16 heavy (non-hydrogen) atoms. The molecule has 0 spiro atoms. The van der Waals surface area contributed by atoms with E-state index in [0.29, 0.717) is 5.92 Å². The van der Waals surface area contributed by atoms with Crippen LogP contribution in [0.5, 0.6) is 0 Å². The SMILES string of the molecule is CC1CCN(C(=O)c2nccnc2N)CC1. The summed E-state index contributed by atoms with van der Waals surface area (Å²) in [5.74, 6) is 0.812. The van der Waals surface area contributed by atoms with Crippen LogP contribution in [-0.4, -0.2) is 33.9 Å². The zero-order valence-corrected chi connectivity index (χ0v) is 9.39. The third-order valence-corrected chi connectivity index (χ3v) is 3.00. The Kier molecular flexibility index (Phi) is 3.03. The number of piperidine rings is 1. The average molecular weight is 220 g/mol. The van der Waals surface area contributed by atoms with Crippen LogP contribution in [0.3, 0.4) is 0 Å². The molecule has 2 heterocycles. The predicted molar refractivity (Wildman–Crippen MR) is 60.7 cm³/mol. The second-order valence-electron chi connectivity index (χ2n) is 4.26. The normalized spacial score (nSPS) is 17.4. The first kappa shape index (κ1) is 10.9. The van der Waals surface area contributed by atoms with Gasteiger partial charge in [0.1, 0.15) is 0 Å². The largest absolute Gasteiger partial charge is 0.382 e. The summed E-state index contributed by atoms with van der Waals surface area (Å²) in [6.07, 6.45) is 5.08. The van der Waals surface area contributed by atoms with Gasteiger partial charge in [-0.1, -0.05) is 6.92 Å². The second kappa shape index (κ2) is 4.47. The fraction of sp³-hybridized carbons (Fsp3) is 0.545. The molecule has 86 valence electrons. The van der Waals surface area contributed by atoms with Gasteiger partial charge >= 0.3 is 0 Å². The Morgan fingerprint density at radius 2 is 2.00 bits per heavy atom. The van der Waals surface area contributed by atoms with Gasteiger partial charge in [0.25, 0.3) is 5.91 Å². The van der Waals surface area contributed by atoms with E-state index in [1.807, 2.05) is 0 Å². The second-order valence-corrected chi connectivity index (χ2v) is 4.26. The Hall–Kier alpha value is -1.65. The van der Waals surface area contributed by atoms with Gasteiger partial charge in [0.2, 0.25) is 0 Å². The Labute approximate surface area is 94.7 Å². The lowest BCUT2D eigenvalue weighted by atomic mass is 9.99. The summed E-state index contributed by atoms with van der Waals surface area (Å²) in [7, 11) is 0. The summed E-state index contributed by atoms with van der Waals surface area (Å²) in [4.78, 5) is 21.7. The van der Waals surface area contributed by atoms with Gasteiger partial charge in [0.05, 0.1) is 0 Å². The minimum absolute atomic E-state index is 0.0995. The highest BCUT2D eigenvalue weighted by atomic mass is 16.2. The molecule has 2 rings (SSSR count). The summed E-state index contributed by atoms with van der Waals surface area (Å²) >= 11 is 0. The van der Waals surface area contributed by atoms with E-state index in [4.69, 9.17) is 5.73 Å². The van der Waals surface area contributed by atoms with Crippen molar-refractivity contribution in [2.75, 3.05) is 18.8 Å². The summed E-state index contributed by atoms with van der Waals surface area (Å²) in [6, 6.07) is 0. The summed E-state index contributed by atoms with van der Waals surface area (Å²) in [6.45, 7) is 3.78. The van der Waals surface area contributed by atoms with Gasteiger partial charge in [-0.3, -0.25) is 4.79 Å². The first-order valence-corrected chi connectivity index (χ1v) is 5.54. The number of aromatic nitrogens is 2. The van der Waals surface area contributed by atoms with Crippen LogP contribution in [0.4, 0.5) is 5.82 Å². The monoisotopic (exact) mass is 220 g/mol. The number of carbonyl (C=O) groups is 1. The first-order valence-electron chi connectivity index (χ1n) is 5.54. The van der Waals surface area contributed by atoms with Crippen molar-refractivity contribution < 1.29 is 4.79 Å². The number of likely N-dealkylation sites (tertiary alicyclic amines) is 1. The van der Waals surface area contributed by atoms with Crippen molar-refractivity contribution in [1.82, 2.24) is 14.9 Å². The van der Waals surface area contributed by atoms with Crippen LogP contribution in [0.2, 0.25) is 0 Å². The van der Waals surface area contributed by atoms with Crippen LogP contribution >= 0.6 is 0 Å². The van der Waals surface area contributed by atoms with Crippen LogP contribution in [0, 0.1) is 5.92 Å². The molecule has 1 aliphatic rings. The Bertz CT molecular complexity index is 385. The summed E-state index contributed by atoms with van der Waals surface area (Å²) < 4.78 is 0. The molecule has 1 fully saturated rings. The molecule has 1 aromatic rings. The number of nitrogens with zero attached hydrogens (tertiary/aromatic N) is 3. The van der Waals surface area contributed by atoms with Crippen LogP contribution in [0.1, 0.15) is 30.3 Å². The molecule has 5 heteroatoms. The topological polar surface area (TPSA) is 72.1 Å². The number of rotatable bonds is 1. The smallest absolute Gasteiger partial charge is 0.276 e. The standard InChI is InChI=1S/C11H16N4O/c1-8-2-6-15(7-3-8)11(16)9-10(12)14-5-4-13-9/h4-5,8H,2-3,6-7H2,1H3,(H2,12,14). The molecular formula is C11H16N4O. The van der Waals surface area contributed by atoms with Crippen molar-refractivity contribution in [3.63, 3.8) is 0 Å². The van der Waals surface area contributed by atoms with Crippen molar-refractivity contribution in [2.24, 2.45) is 5.92 Å². The molecule has 0 aromatic carbocycles. The zero-order chi connectivity index (χ0) is 11.5. The lowest BCUT2D eigenvalue weighted by molar-refractivity contribution is 0.0692. The number of hydrogen-bond donors (Lipinski definition) is 1. The number of carbonyl (C=O) groups excluding carboxylic acids is 1. The molecule has 1 amide bonds. The van der Waals surface area contributed by atoms with Gasteiger partial charge in [-0.2, -0.15) is 0 Å². The number of hydrogen-bond acceptors (Lipinski definition) is 4. The zero-order valence-electron chi connectivity index (χ0n) is 9.39. The molecule has 0 saturated carbocycles. The molecule has 0 unspecified atom stereocenters. The maximum atomic E-state index is 12.1.